The molecule has 2 fully saturated rings. The van der Waals surface area contributed by atoms with Crippen LogP contribution in [0.4, 0.5) is 0 Å². The van der Waals surface area contributed by atoms with Gasteiger partial charge in [-0.1, -0.05) is 31.2 Å². The number of hydrogen-bond donors (Lipinski definition) is 0. The van der Waals surface area contributed by atoms with E-state index in [2.05, 4.69) is 64.9 Å². The van der Waals surface area contributed by atoms with E-state index in [1.807, 2.05) is 12.1 Å². The number of likely N-dealkylation sites (N-methyl/N-ethyl adjacent to an activating group) is 2. The van der Waals surface area contributed by atoms with Crippen LogP contribution in [0.5, 0.6) is 0 Å². The summed E-state index contributed by atoms with van der Waals surface area (Å²) in [6, 6.07) is 12.5. The van der Waals surface area contributed by atoms with Crippen molar-refractivity contribution in [1.29, 1.82) is 0 Å². The Morgan fingerprint density at radius 3 is 1.46 bits per heavy atom. The molecule has 0 spiro atoms. The quantitative estimate of drug-likeness (QED) is 0.575. The molecule has 2 saturated heterocycles. The van der Waals surface area contributed by atoms with E-state index in [1.165, 1.54) is 22.3 Å². The van der Waals surface area contributed by atoms with Gasteiger partial charge in [0.25, 0.3) is 0 Å². The smallest absolute Gasteiger partial charge is 0.176 e. The number of benzene rings is 2. The third-order valence-corrected chi connectivity index (χ3v) is 8.12. The molecular formula is C29H38N4O2. The highest BCUT2D eigenvalue weighted by molar-refractivity contribution is 6.00. The molecule has 1 aliphatic carbocycles. The van der Waals surface area contributed by atoms with Crippen LogP contribution in [0, 0.1) is 0 Å². The molecule has 5 rings (SSSR count). The zero-order chi connectivity index (χ0) is 24.5. The van der Waals surface area contributed by atoms with Gasteiger partial charge in [0.2, 0.25) is 0 Å². The third-order valence-electron chi connectivity index (χ3n) is 8.12. The van der Waals surface area contributed by atoms with Crippen molar-refractivity contribution in [3.63, 3.8) is 0 Å². The van der Waals surface area contributed by atoms with E-state index in [-0.39, 0.29) is 17.5 Å². The van der Waals surface area contributed by atoms with Crippen molar-refractivity contribution in [1.82, 2.24) is 19.6 Å². The Bertz CT molecular complexity index is 1010. The molecule has 0 aromatic heterocycles. The number of rotatable bonds is 7. The normalized spacial score (nSPS) is 20.1. The molecule has 2 aromatic carbocycles. The lowest BCUT2D eigenvalue weighted by molar-refractivity contribution is 0.0869. The van der Waals surface area contributed by atoms with Gasteiger partial charge < -0.3 is 9.80 Å². The van der Waals surface area contributed by atoms with Crippen LogP contribution in [-0.2, 0) is 0 Å². The molecule has 35 heavy (non-hydrogen) atoms. The molecule has 2 heterocycles. The summed E-state index contributed by atoms with van der Waals surface area (Å²) in [5.41, 5.74) is 6.49. The van der Waals surface area contributed by atoms with Crippen LogP contribution in [0.1, 0.15) is 51.1 Å². The van der Waals surface area contributed by atoms with Crippen molar-refractivity contribution in [2.45, 2.75) is 19.3 Å². The van der Waals surface area contributed by atoms with E-state index in [1.54, 1.807) is 0 Å². The highest BCUT2D eigenvalue weighted by Gasteiger charge is 2.30. The predicted molar refractivity (Wildman–Crippen MR) is 141 cm³/mol. The predicted octanol–water partition coefficient (Wildman–Crippen LogP) is 3.07. The van der Waals surface area contributed by atoms with E-state index < -0.39 is 0 Å². The minimum Gasteiger partial charge on any atom is -0.304 e. The van der Waals surface area contributed by atoms with Gasteiger partial charge in [-0.05, 0) is 54.9 Å². The number of hydrogen-bond acceptors (Lipinski definition) is 6. The molecule has 0 atom stereocenters. The number of nitrogens with zero attached hydrogens (tertiary/aromatic N) is 4. The van der Waals surface area contributed by atoms with Crippen LogP contribution in [0.25, 0.3) is 11.1 Å². The Balaban J connectivity index is 1.32. The molecule has 6 heteroatoms. The number of ketones is 2. The van der Waals surface area contributed by atoms with Crippen LogP contribution in [0.15, 0.2) is 36.4 Å². The topological polar surface area (TPSA) is 47.1 Å². The summed E-state index contributed by atoms with van der Waals surface area (Å²) in [4.78, 5) is 35.4. The molecule has 0 radical (unpaired) electrons. The van der Waals surface area contributed by atoms with Crippen molar-refractivity contribution >= 4 is 11.6 Å². The molecule has 3 aliphatic rings. The van der Waals surface area contributed by atoms with Crippen molar-refractivity contribution in [3.05, 3.63) is 58.7 Å². The van der Waals surface area contributed by atoms with Gasteiger partial charge in [0.15, 0.2) is 11.6 Å². The van der Waals surface area contributed by atoms with E-state index in [4.69, 9.17) is 0 Å². The Morgan fingerprint density at radius 2 is 1.09 bits per heavy atom. The average molecular weight is 475 g/mol. The molecule has 6 nitrogen and oxygen atoms in total. The van der Waals surface area contributed by atoms with E-state index in [9.17, 15) is 9.59 Å². The fraction of sp³-hybridized carbons (Fsp3) is 0.517. The zero-order valence-corrected chi connectivity index (χ0v) is 21.4. The fourth-order valence-electron chi connectivity index (χ4n) is 5.75. The van der Waals surface area contributed by atoms with Gasteiger partial charge in [-0.15, -0.1) is 0 Å². The number of carbonyl (C=O) groups excluding carboxylic acids is 2. The zero-order valence-electron chi connectivity index (χ0n) is 21.4. The molecule has 0 saturated carbocycles. The van der Waals surface area contributed by atoms with Crippen LogP contribution in [0.2, 0.25) is 0 Å². The molecule has 0 N–H and O–H groups in total. The van der Waals surface area contributed by atoms with Gasteiger partial charge in [-0.3, -0.25) is 19.4 Å². The Kier molecular flexibility index (Phi) is 7.17. The molecule has 0 unspecified atom stereocenters. The maximum absolute atomic E-state index is 13.1. The fourth-order valence-corrected chi connectivity index (χ4v) is 5.75. The summed E-state index contributed by atoms with van der Waals surface area (Å²) in [6.45, 7) is 11.0. The van der Waals surface area contributed by atoms with Crippen molar-refractivity contribution in [3.8, 4) is 11.1 Å². The first kappa shape index (κ1) is 24.3. The molecule has 2 aromatic rings. The van der Waals surface area contributed by atoms with Gasteiger partial charge in [-0.25, -0.2) is 0 Å². The van der Waals surface area contributed by atoms with Crippen molar-refractivity contribution < 1.29 is 9.59 Å². The summed E-state index contributed by atoms with van der Waals surface area (Å²) in [6.07, 6.45) is 0.951. The van der Waals surface area contributed by atoms with Crippen molar-refractivity contribution in [2.75, 3.05) is 79.5 Å². The van der Waals surface area contributed by atoms with E-state index in [0.29, 0.717) is 13.1 Å². The first-order chi connectivity index (χ1) is 16.9. The van der Waals surface area contributed by atoms with Crippen LogP contribution >= 0.6 is 0 Å². The van der Waals surface area contributed by atoms with Crippen LogP contribution in [0.3, 0.4) is 0 Å². The van der Waals surface area contributed by atoms with Gasteiger partial charge in [0.1, 0.15) is 0 Å². The summed E-state index contributed by atoms with van der Waals surface area (Å²) >= 11 is 0. The molecule has 0 bridgehead atoms. The molecular weight excluding hydrogens is 436 g/mol. The number of carbonyl (C=O) groups is 2. The second-order valence-electron chi connectivity index (χ2n) is 10.6. The lowest BCUT2D eigenvalue weighted by Crippen LogP contribution is -2.46. The third kappa shape index (κ3) is 5.12. The Labute approximate surface area is 209 Å². The minimum atomic E-state index is 0.200. The Morgan fingerprint density at radius 1 is 0.686 bits per heavy atom. The maximum Gasteiger partial charge on any atom is 0.176 e. The lowest BCUT2D eigenvalue weighted by atomic mass is 9.91. The first-order valence-corrected chi connectivity index (χ1v) is 13.1. The van der Waals surface area contributed by atoms with E-state index >= 15 is 0 Å². The van der Waals surface area contributed by atoms with Gasteiger partial charge >= 0.3 is 0 Å². The SMILES string of the molecule is CCC1c2cc(C(=O)CN3CCN(C)CC3)ccc2-c2ccc(C(=O)CN3CCN(C)CC3)cc21. The van der Waals surface area contributed by atoms with Crippen LogP contribution in [-0.4, -0.2) is 111 Å². The maximum atomic E-state index is 13.1. The van der Waals surface area contributed by atoms with Gasteiger partial charge in [-0.2, -0.15) is 0 Å². The monoisotopic (exact) mass is 474 g/mol. The second-order valence-corrected chi connectivity index (χ2v) is 10.6. The van der Waals surface area contributed by atoms with Crippen LogP contribution < -0.4 is 0 Å². The molecule has 0 amide bonds. The lowest BCUT2D eigenvalue weighted by Gasteiger charge is -2.31. The first-order valence-electron chi connectivity index (χ1n) is 13.1. The second kappa shape index (κ2) is 10.3. The summed E-state index contributed by atoms with van der Waals surface area (Å²) < 4.78 is 0. The number of Topliss-reactive ketones (excluding diaryl/α,β-unsaturated/α-hetero) is 2. The van der Waals surface area contributed by atoms with Gasteiger partial charge in [0, 0.05) is 69.4 Å². The largest absolute Gasteiger partial charge is 0.304 e. The summed E-state index contributed by atoms with van der Waals surface area (Å²) in [7, 11) is 4.27. The highest BCUT2D eigenvalue weighted by Crippen LogP contribution is 2.47. The summed E-state index contributed by atoms with van der Waals surface area (Å²) in [5, 5.41) is 0. The number of fused-ring (bicyclic) bond motifs is 3. The van der Waals surface area contributed by atoms with E-state index in [0.717, 1.165) is 69.9 Å². The average Bonchev–Trinajstić information content (AvgIpc) is 3.18. The Hall–Kier alpha value is -2.38. The van der Waals surface area contributed by atoms with Crippen molar-refractivity contribution in [2.24, 2.45) is 0 Å². The molecule has 186 valence electrons. The number of piperazine rings is 2. The standard InChI is InChI=1S/C29H38N4O2/c1-4-23-26-17-21(28(34)19-32-13-9-30(2)10-14-32)5-7-24(26)25-8-6-22(18-27(23)25)29(35)20-33-15-11-31(3)12-16-33/h5-8,17-18,23H,4,9-16,19-20H2,1-3H3. The van der Waals surface area contributed by atoms with Gasteiger partial charge in [0.05, 0.1) is 13.1 Å². The molecule has 2 aliphatic heterocycles. The highest BCUT2D eigenvalue weighted by atomic mass is 16.1. The summed E-state index contributed by atoms with van der Waals surface area (Å²) in [5.74, 6) is 0.630. The minimum absolute atomic E-state index is 0.200.